The van der Waals surface area contributed by atoms with Crippen LogP contribution in [0.15, 0.2) is 48.6 Å². The van der Waals surface area contributed by atoms with Crippen molar-refractivity contribution in [3.05, 3.63) is 48.6 Å². The number of hydrogen-bond acceptors (Lipinski definition) is 1. The van der Waals surface area contributed by atoms with Crippen LogP contribution in [0.3, 0.4) is 0 Å². The van der Waals surface area contributed by atoms with Crippen molar-refractivity contribution in [2.75, 3.05) is 6.61 Å². The molecule has 1 aliphatic heterocycles. The molecular formula is C11H14O. The van der Waals surface area contributed by atoms with Gasteiger partial charge in [-0.05, 0) is 23.6 Å². The molecular weight excluding hydrogens is 148 g/mol. The molecule has 0 amide bonds. The molecule has 0 saturated carbocycles. The first kappa shape index (κ1) is 9.01. The Balaban J connectivity index is 3.00. The maximum Gasteiger partial charge on any atom is 0.0804 e. The number of ether oxygens (including phenoxy) is 1. The predicted molar refractivity (Wildman–Crippen MR) is 52.0 cm³/mol. The van der Waals surface area contributed by atoms with E-state index in [0.717, 1.165) is 16.7 Å². The lowest BCUT2D eigenvalue weighted by Gasteiger charge is -2.03. The van der Waals surface area contributed by atoms with Crippen LogP contribution in [-0.4, -0.2) is 12.7 Å². The maximum absolute atomic E-state index is 5.44. The Morgan fingerprint density at radius 3 is 2.75 bits per heavy atom. The molecule has 0 unspecified atom stereocenters. The fraction of sp³-hybridized carbons (Fsp3) is 0.273. The summed E-state index contributed by atoms with van der Waals surface area (Å²) < 4.78 is 5.44. The first-order chi connectivity index (χ1) is 5.70. The standard InChI is InChI=1S/C11H14O/c1-5-8(3)11-7-12-9(4)10(11)6-2/h5-6,9H,1-3,7H2,4H3/t9-/m0/s1. The van der Waals surface area contributed by atoms with Crippen LogP contribution in [0.2, 0.25) is 0 Å². The molecule has 0 aromatic heterocycles. The van der Waals surface area contributed by atoms with Gasteiger partial charge in [0.15, 0.2) is 0 Å². The smallest absolute Gasteiger partial charge is 0.0804 e. The summed E-state index contributed by atoms with van der Waals surface area (Å²) in [6, 6.07) is 0. The van der Waals surface area contributed by atoms with Crippen LogP contribution in [-0.2, 0) is 4.74 Å². The zero-order chi connectivity index (χ0) is 9.14. The van der Waals surface area contributed by atoms with E-state index in [1.807, 2.05) is 13.0 Å². The van der Waals surface area contributed by atoms with E-state index in [1.165, 1.54) is 0 Å². The van der Waals surface area contributed by atoms with Gasteiger partial charge in [0, 0.05) is 0 Å². The van der Waals surface area contributed by atoms with Crippen molar-refractivity contribution < 1.29 is 4.74 Å². The van der Waals surface area contributed by atoms with Crippen molar-refractivity contribution in [3.63, 3.8) is 0 Å². The van der Waals surface area contributed by atoms with Gasteiger partial charge in [-0.3, -0.25) is 0 Å². The Morgan fingerprint density at radius 2 is 2.25 bits per heavy atom. The lowest BCUT2D eigenvalue weighted by molar-refractivity contribution is 0.136. The van der Waals surface area contributed by atoms with E-state index in [9.17, 15) is 0 Å². The third-order valence-corrected chi connectivity index (χ3v) is 2.12. The summed E-state index contributed by atoms with van der Waals surface area (Å²) in [7, 11) is 0. The van der Waals surface area contributed by atoms with E-state index in [-0.39, 0.29) is 6.10 Å². The zero-order valence-corrected chi connectivity index (χ0v) is 7.47. The molecule has 0 aliphatic carbocycles. The Bertz CT molecular complexity index is 258. The van der Waals surface area contributed by atoms with E-state index in [1.54, 1.807) is 6.08 Å². The molecule has 1 heteroatoms. The van der Waals surface area contributed by atoms with Crippen LogP contribution in [0.5, 0.6) is 0 Å². The highest BCUT2D eigenvalue weighted by Gasteiger charge is 2.20. The second-order valence-corrected chi connectivity index (χ2v) is 2.82. The molecule has 0 aromatic rings. The van der Waals surface area contributed by atoms with Crippen molar-refractivity contribution in [2.45, 2.75) is 13.0 Å². The van der Waals surface area contributed by atoms with Crippen LogP contribution < -0.4 is 0 Å². The minimum Gasteiger partial charge on any atom is -0.369 e. The first-order valence-electron chi connectivity index (χ1n) is 3.99. The highest BCUT2D eigenvalue weighted by molar-refractivity contribution is 5.47. The third-order valence-electron chi connectivity index (χ3n) is 2.12. The van der Waals surface area contributed by atoms with Crippen molar-refractivity contribution >= 4 is 0 Å². The Morgan fingerprint density at radius 1 is 1.58 bits per heavy atom. The van der Waals surface area contributed by atoms with E-state index in [0.29, 0.717) is 6.61 Å². The van der Waals surface area contributed by atoms with Gasteiger partial charge < -0.3 is 4.74 Å². The first-order valence-corrected chi connectivity index (χ1v) is 3.99. The normalized spacial score (nSPS) is 22.6. The summed E-state index contributed by atoms with van der Waals surface area (Å²) in [5.74, 6) is 0. The van der Waals surface area contributed by atoms with E-state index < -0.39 is 0 Å². The van der Waals surface area contributed by atoms with Crippen LogP contribution >= 0.6 is 0 Å². The van der Waals surface area contributed by atoms with Crippen molar-refractivity contribution in [1.29, 1.82) is 0 Å². The van der Waals surface area contributed by atoms with Crippen LogP contribution in [0, 0.1) is 0 Å². The van der Waals surface area contributed by atoms with Crippen molar-refractivity contribution in [3.8, 4) is 0 Å². The molecule has 64 valence electrons. The summed E-state index contributed by atoms with van der Waals surface area (Å²) in [5.41, 5.74) is 3.21. The largest absolute Gasteiger partial charge is 0.369 e. The topological polar surface area (TPSA) is 9.23 Å². The molecule has 1 nitrogen and oxygen atoms in total. The third kappa shape index (κ3) is 1.41. The highest BCUT2D eigenvalue weighted by atomic mass is 16.5. The van der Waals surface area contributed by atoms with E-state index >= 15 is 0 Å². The molecule has 0 saturated heterocycles. The fourth-order valence-electron chi connectivity index (χ4n) is 1.32. The quantitative estimate of drug-likeness (QED) is 0.580. The molecule has 12 heavy (non-hydrogen) atoms. The average molecular weight is 162 g/mol. The van der Waals surface area contributed by atoms with Gasteiger partial charge >= 0.3 is 0 Å². The Hall–Kier alpha value is -1.08. The highest BCUT2D eigenvalue weighted by Crippen LogP contribution is 2.26. The van der Waals surface area contributed by atoms with Gasteiger partial charge in [0.1, 0.15) is 0 Å². The summed E-state index contributed by atoms with van der Waals surface area (Å²) in [4.78, 5) is 0. The zero-order valence-electron chi connectivity index (χ0n) is 7.47. The van der Waals surface area contributed by atoms with Gasteiger partial charge in [0.25, 0.3) is 0 Å². The monoisotopic (exact) mass is 162 g/mol. The Kier molecular flexibility index (Phi) is 2.66. The minimum absolute atomic E-state index is 0.147. The molecule has 1 aliphatic rings. The lowest BCUT2D eigenvalue weighted by Crippen LogP contribution is -2.00. The van der Waals surface area contributed by atoms with Crippen molar-refractivity contribution in [2.24, 2.45) is 0 Å². The summed E-state index contributed by atoms with van der Waals surface area (Å²) >= 11 is 0. The summed E-state index contributed by atoms with van der Waals surface area (Å²) in [5, 5.41) is 0. The number of hydrogen-bond donors (Lipinski definition) is 0. The van der Waals surface area contributed by atoms with Crippen molar-refractivity contribution in [1.82, 2.24) is 0 Å². The molecule has 1 heterocycles. The molecule has 1 atom stereocenters. The van der Waals surface area contributed by atoms with Crippen LogP contribution in [0.1, 0.15) is 6.92 Å². The van der Waals surface area contributed by atoms with E-state index in [2.05, 4.69) is 19.7 Å². The maximum atomic E-state index is 5.44. The molecule has 0 N–H and O–H groups in total. The Labute approximate surface area is 73.7 Å². The van der Waals surface area contributed by atoms with Gasteiger partial charge in [0.2, 0.25) is 0 Å². The molecule has 0 spiro atoms. The van der Waals surface area contributed by atoms with Gasteiger partial charge in [-0.2, -0.15) is 0 Å². The van der Waals surface area contributed by atoms with Gasteiger partial charge in [0.05, 0.1) is 12.7 Å². The molecule has 0 fully saturated rings. The number of rotatable bonds is 3. The average Bonchev–Trinajstić information content (AvgIpc) is 2.45. The van der Waals surface area contributed by atoms with Gasteiger partial charge in [-0.25, -0.2) is 0 Å². The van der Waals surface area contributed by atoms with E-state index in [4.69, 9.17) is 4.74 Å². The molecule has 1 rings (SSSR count). The minimum atomic E-state index is 0.147. The fourth-order valence-corrected chi connectivity index (χ4v) is 1.32. The van der Waals surface area contributed by atoms with Gasteiger partial charge in [-0.15, -0.1) is 0 Å². The predicted octanol–water partition coefficient (Wildman–Crippen LogP) is 2.63. The summed E-state index contributed by atoms with van der Waals surface area (Å²) in [6.07, 6.45) is 3.73. The molecule has 0 bridgehead atoms. The molecule has 0 aromatic carbocycles. The van der Waals surface area contributed by atoms with Crippen LogP contribution in [0.25, 0.3) is 0 Å². The second-order valence-electron chi connectivity index (χ2n) is 2.82. The summed E-state index contributed by atoms with van der Waals surface area (Å²) in [6.45, 7) is 14.0. The SMILES string of the molecule is C=CC(=C)C1=C(C=C)[C@H](C)OC1. The number of allylic oxidation sites excluding steroid dienone is 1. The lowest BCUT2D eigenvalue weighted by atomic mass is 10.0. The second kappa shape index (κ2) is 3.55. The van der Waals surface area contributed by atoms with Crippen LogP contribution in [0.4, 0.5) is 0 Å². The molecule has 0 radical (unpaired) electrons. The van der Waals surface area contributed by atoms with Gasteiger partial charge in [-0.1, -0.05) is 31.9 Å².